The molecule has 1 unspecified atom stereocenters. The second-order valence-electron chi connectivity index (χ2n) is 11.1. The Hall–Kier alpha value is -1.54. The van der Waals surface area contributed by atoms with Crippen molar-refractivity contribution >= 4 is 21.6 Å². The normalized spacial score (nSPS) is 30.1. The minimum Gasteiger partial charge on any atom is -0.495 e. The van der Waals surface area contributed by atoms with Crippen LogP contribution in [-0.2, 0) is 14.8 Å². The summed E-state index contributed by atoms with van der Waals surface area (Å²) in [7, 11) is -2.23. The van der Waals surface area contributed by atoms with Crippen LogP contribution < -0.4 is 9.46 Å². The topological polar surface area (TPSA) is 67.9 Å². The Labute approximate surface area is 221 Å². The molecule has 6 nitrogen and oxygen atoms in total. The summed E-state index contributed by atoms with van der Waals surface area (Å²) in [4.78, 5) is 2.75. The second kappa shape index (κ2) is 10.7. The van der Waals surface area contributed by atoms with Gasteiger partial charge in [0.15, 0.2) is 0 Å². The van der Waals surface area contributed by atoms with Crippen LogP contribution in [0.1, 0.15) is 64.7 Å². The number of piperidine rings is 1. The number of likely N-dealkylation sites (tertiary alicyclic amines) is 1. The monoisotopic (exact) mass is 534 g/mol. The van der Waals surface area contributed by atoms with Gasteiger partial charge in [0.2, 0.25) is 10.0 Å². The molecule has 8 heteroatoms. The average molecular weight is 535 g/mol. The standard InChI is InChI=1S/C28H39ClN2O4S/c1-28(16-4-3-5-27(28)35-24-11-12-24)20-14-17-31(18-15-20)23-9-7-22(8-10-23)30-36(32,33)26-19-21(29)6-13-25(26)34-2/h3-6,13,19-20,22-24,30H,7-12,14-18H2,1-2H3. The van der Waals surface area contributed by atoms with Crippen LogP contribution in [0.25, 0.3) is 0 Å². The van der Waals surface area contributed by atoms with Crippen LogP contribution in [0.5, 0.6) is 5.75 Å². The second-order valence-corrected chi connectivity index (χ2v) is 13.2. The van der Waals surface area contributed by atoms with E-state index in [1.807, 2.05) is 0 Å². The summed E-state index contributed by atoms with van der Waals surface area (Å²) in [5.74, 6) is 2.15. The van der Waals surface area contributed by atoms with Crippen molar-refractivity contribution in [1.29, 1.82) is 0 Å². The highest BCUT2D eigenvalue weighted by molar-refractivity contribution is 7.89. The molecule has 3 fully saturated rings. The molecule has 0 spiro atoms. The quantitative estimate of drug-likeness (QED) is 0.465. The fraction of sp³-hybridized carbons (Fsp3) is 0.643. The smallest absolute Gasteiger partial charge is 0.244 e. The highest BCUT2D eigenvalue weighted by Gasteiger charge is 2.43. The molecular weight excluding hydrogens is 496 g/mol. The molecular formula is C28H39ClN2O4S. The summed E-state index contributed by atoms with van der Waals surface area (Å²) in [5.41, 5.74) is 0.112. The largest absolute Gasteiger partial charge is 0.495 e. The zero-order valence-electron chi connectivity index (χ0n) is 21.4. The third-order valence-electron chi connectivity index (χ3n) is 8.69. The highest BCUT2D eigenvalue weighted by Crippen LogP contribution is 2.48. The molecule has 198 valence electrons. The van der Waals surface area contributed by atoms with Crippen molar-refractivity contribution in [2.24, 2.45) is 11.3 Å². The summed E-state index contributed by atoms with van der Waals surface area (Å²) < 4.78 is 40.6. The molecule has 1 aromatic rings. The third kappa shape index (κ3) is 5.64. The SMILES string of the molecule is COc1ccc(Cl)cc1S(=O)(=O)NC1CCC(N2CCC(C3(C)CC=CC=C3OC3CC3)CC2)CC1. The summed E-state index contributed by atoms with van der Waals surface area (Å²) >= 11 is 6.06. The third-order valence-corrected chi connectivity index (χ3v) is 10.5. The van der Waals surface area contributed by atoms with Crippen molar-refractivity contribution < 1.29 is 17.9 Å². The van der Waals surface area contributed by atoms with Crippen LogP contribution in [0.3, 0.4) is 0 Å². The first kappa shape index (κ1) is 26.1. The van der Waals surface area contributed by atoms with E-state index in [2.05, 4.69) is 34.8 Å². The predicted octanol–water partition coefficient (Wildman–Crippen LogP) is 5.68. The number of allylic oxidation sites excluding steroid dienone is 4. The Morgan fingerprint density at radius 3 is 2.44 bits per heavy atom. The van der Waals surface area contributed by atoms with Gasteiger partial charge in [0.1, 0.15) is 16.4 Å². The van der Waals surface area contributed by atoms with Crippen LogP contribution >= 0.6 is 11.6 Å². The summed E-state index contributed by atoms with van der Waals surface area (Å²) in [6.45, 7) is 4.63. The first-order valence-electron chi connectivity index (χ1n) is 13.4. The maximum atomic E-state index is 13.0. The number of benzene rings is 1. The Balaban J connectivity index is 1.13. The van der Waals surface area contributed by atoms with Gasteiger partial charge in [-0.2, -0.15) is 0 Å². The fourth-order valence-electron chi connectivity index (χ4n) is 6.27. The van der Waals surface area contributed by atoms with Gasteiger partial charge in [-0.3, -0.25) is 0 Å². The number of hydrogen-bond acceptors (Lipinski definition) is 5. The Bertz CT molecular complexity index is 1100. The van der Waals surface area contributed by atoms with E-state index in [0.29, 0.717) is 28.8 Å². The van der Waals surface area contributed by atoms with E-state index in [-0.39, 0.29) is 16.4 Å². The summed E-state index contributed by atoms with van der Waals surface area (Å²) in [5, 5.41) is 0.378. The lowest BCUT2D eigenvalue weighted by molar-refractivity contribution is 0.0291. The molecule has 1 N–H and O–H groups in total. The summed E-state index contributed by atoms with van der Waals surface area (Å²) in [6, 6.07) is 5.16. The molecule has 0 aromatic heterocycles. The van der Waals surface area contributed by atoms with E-state index in [1.54, 1.807) is 12.1 Å². The lowest BCUT2D eigenvalue weighted by atomic mass is 9.67. The van der Waals surface area contributed by atoms with Gasteiger partial charge in [0.25, 0.3) is 0 Å². The van der Waals surface area contributed by atoms with Crippen LogP contribution in [0.2, 0.25) is 5.02 Å². The van der Waals surface area contributed by atoms with Crippen LogP contribution in [0.15, 0.2) is 47.1 Å². The van der Waals surface area contributed by atoms with Gasteiger partial charge in [-0.15, -0.1) is 0 Å². The molecule has 1 aromatic carbocycles. The molecule has 3 aliphatic carbocycles. The van der Waals surface area contributed by atoms with Gasteiger partial charge >= 0.3 is 0 Å². The van der Waals surface area contributed by atoms with Crippen molar-refractivity contribution in [2.45, 2.75) is 87.8 Å². The van der Waals surface area contributed by atoms with E-state index in [0.717, 1.165) is 45.2 Å². The lowest BCUT2D eigenvalue weighted by Crippen LogP contribution is -2.48. The number of hydrogen-bond donors (Lipinski definition) is 1. The first-order chi connectivity index (χ1) is 17.3. The Kier molecular flexibility index (Phi) is 7.74. The van der Waals surface area contributed by atoms with E-state index >= 15 is 0 Å². The van der Waals surface area contributed by atoms with Crippen molar-refractivity contribution in [1.82, 2.24) is 9.62 Å². The Morgan fingerprint density at radius 1 is 1.06 bits per heavy atom. The molecule has 1 saturated heterocycles. The van der Waals surface area contributed by atoms with Gasteiger partial charge in [0.05, 0.1) is 13.2 Å². The highest BCUT2D eigenvalue weighted by atomic mass is 35.5. The van der Waals surface area contributed by atoms with Crippen LogP contribution in [0.4, 0.5) is 0 Å². The maximum absolute atomic E-state index is 13.0. The van der Waals surface area contributed by atoms with Crippen LogP contribution in [-0.4, -0.2) is 51.7 Å². The molecule has 2 saturated carbocycles. The zero-order chi connectivity index (χ0) is 25.3. The number of ether oxygens (including phenoxy) is 2. The molecule has 1 aliphatic heterocycles. The molecule has 36 heavy (non-hydrogen) atoms. The average Bonchev–Trinajstić information content (AvgIpc) is 3.70. The van der Waals surface area contributed by atoms with Crippen molar-refractivity contribution in [2.75, 3.05) is 20.2 Å². The van der Waals surface area contributed by atoms with E-state index < -0.39 is 10.0 Å². The minimum absolute atomic E-state index is 0.0623. The molecule has 0 bridgehead atoms. The molecule has 1 heterocycles. The van der Waals surface area contributed by atoms with Crippen molar-refractivity contribution in [3.05, 3.63) is 47.2 Å². The van der Waals surface area contributed by atoms with Crippen molar-refractivity contribution in [3.63, 3.8) is 0 Å². The molecule has 0 amide bonds. The number of nitrogens with one attached hydrogen (secondary N) is 1. The van der Waals surface area contributed by atoms with E-state index in [9.17, 15) is 8.42 Å². The van der Waals surface area contributed by atoms with Gasteiger partial charge in [0, 0.05) is 22.5 Å². The summed E-state index contributed by atoms with van der Waals surface area (Å²) in [6.07, 6.45) is 16.7. The van der Waals surface area contributed by atoms with Gasteiger partial charge in [-0.25, -0.2) is 13.1 Å². The molecule has 0 radical (unpaired) electrons. The van der Waals surface area contributed by atoms with Gasteiger partial charge < -0.3 is 14.4 Å². The maximum Gasteiger partial charge on any atom is 0.244 e. The van der Waals surface area contributed by atoms with E-state index in [4.69, 9.17) is 21.1 Å². The molecule has 1 atom stereocenters. The predicted molar refractivity (Wildman–Crippen MR) is 143 cm³/mol. The number of nitrogens with zero attached hydrogens (tertiary/aromatic N) is 1. The number of rotatable bonds is 8. The van der Waals surface area contributed by atoms with Crippen molar-refractivity contribution in [3.8, 4) is 5.75 Å². The first-order valence-corrected chi connectivity index (χ1v) is 15.3. The fourth-order valence-corrected chi connectivity index (χ4v) is 8.01. The number of sulfonamides is 1. The van der Waals surface area contributed by atoms with Crippen LogP contribution in [0, 0.1) is 11.3 Å². The lowest BCUT2D eigenvalue weighted by Gasteiger charge is -2.46. The van der Waals surface area contributed by atoms with E-state index in [1.165, 1.54) is 44.6 Å². The minimum atomic E-state index is -3.70. The van der Waals surface area contributed by atoms with Gasteiger partial charge in [-0.1, -0.05) is 30.7 Å². The Morgan fingerprint density at radius 2 is 1.78 bits per heavy atom. The number of methoxy groups -OCH3 is 1. The number of halogens is 1. The molecule has 4 aliphatic rings. The zero-order valence-corrected chi connectivity index (χ0v) is 23.0. The van der Waals surface area contributed by atoms with Gasteiger partial charge in [-0.05, 0) is 101 Å². The molecule has 5 rings (SSSR count).